The van der Waals surface area contributed by atoms with Gasteiger partial charge in [-0.1, -0.05) is 26.0 Å². The maximum absolute atomic E-state index is 11.8. The second kappa shape index (κ2) is 15.2. The number of carbonyl (C=O) groups is 1. The van der Waals surface area contributed by atoms with Crippen LogP contribution in [0, 0.1) is 11.8 Å². The highest BCUT2D eigenvalue weighted by molar-refractivity contribution is 5.78. The first-order chi connectivity index (χ1) is 18.5. The van der Waals surface area contributed by atoms with Gasteiger partial charge in [-0.15, -0.1) is 5.10 Å². The number of nitrogens with zero attached hydrogens (tertiary/aromatic N) is 4. The number of rotatable bonds is 18. The summed E-state index contributed by atoms with van der Waals surface area (Å²) in [4.78, 5) is 14.2. The fraction of sp³-hybridized carbons (Fsp3) is 0.903. The Hall–Kier alpha value is -1.39. The lowest BCUT2D eigenvalue weighted by molar-refractivity contribution is -0.138. The van der Waals surface area contributed by atoms with Crippen LogP contribution in [0.5, 0.6) is 0 Å². The molecule has 9 heteroatoms. The molecule has 1 fully saturated rings. The second-order valence-corrected chi connectivity index (χ2v) is 13.9. The first-order valence-electron chi connectivity index (χ1n) is 15.3. The summed E-state index contributed by atoms with van der Waals surface area (Å²) in [5.41, 5.74) is -0.103. The fourth-order valence-electron chi connectivity index (χ4n) is 5.32. The van der Waals surface area contributed by atoms with Crippen LogP contribution >= 0.6 is 0 Å². The lowest BCUT2D eigenvalue weighted by Gasteiger charge is -2.46. The summed E-state index contributed by atoms with van der Waals surface area (Å²) in [5, 5.41) is 19.2. The topological polar surface area (TPSA) is 98.9 Å². The molecule has 1 aliphatic heterocycles. The molecule has 1 aromatic rings. The molecule has 3 unspecified atom stereocenters. The van der Waals surface area contributed by atoms with Gasteiger partial charge in [0.05, 0.1) is 48.9 Å². The molecule has 0 saturated carbocycles. The molecule has 9 nitrogen and oxygen atoms in total. The van der Waals surface area contributed by atoms with Gasteiger partial charge in [0, 0.05) is 44.1 Å². The average Bonchev–Trinajstić information content (AvgIpc) is 3.29. The van der Waals surface area contributed by atoms with Gasteiger partial charge in [-0.2, -0.15) is 0 Å². The number of carbonyl (C=O) groups excluding carboxylic acids is 1. The summed E-state index contributed by atoms with van der Waals surface area (Å²) in [6, 6.07) is 0. The Morgan fingerprint density at radius 2 is 1.80 bits per heavy atom. The van der Waals surface area contributed by atoms with Crippen molar-refractivity contribution in [2.75, 3.05) is 32.9 Å². The Kier molecular flexibility index (Phi) is 13.2. The third-order valence-corrected chi connectivity index (χ3v) is 8.19. The van der Waals surface area contributed by atoms with Gasteiger partial charge in [-0.3, -0.25) is 9.69 Å². The zero-order valence-electron chi connectivity index (χ0n) is 27.0. The van der Waals surface area contributed by atoms with E-state index >= 15 is 0 Å². The van der Waals surface area contributed by atoms with E-state index in [9.17, 15) is 9.90 Å². The van der Waals surface area contributed by atoms with Gasteiger partial charge in [-0.05, 0) is 79.7 Å². The van der Waals surface area contributed by atoms with Crippen LogP contribution in [0.4, 0.5) is 0 Å². The highest BCUT2D eigenvalue weighted by atomic mass is 16.6. The number of ether oxygens (including phenoxy) is 3. The van der Waals surface area contributed by atoms with Crippen molar-refractivity contribution in [2.45, 2.75) is 137 Å². The van der Waals surface area contributed by atoms with Gasteiger partial charge in [0.25, 0.3) is 0 Å². The third-order valence-electron chi connectivity index (χ3n) is 8.19. The number of Topliss-reactive ketones (excluding diaryl/α,β-unsaturated/α-hetero) is 1. The number of hydrogen-bond acceptors (Lipinski definition) is 8. The number of aliphatic hydroxyl groups excluding tert-OH is 1. The molecule has 0 bridgehead atoms. The number of β-amino-alcohol motifs (C(OH)–C–C–N with tert-alkyl or cyclic N) is 1. The van der Waals surface area contributed by atoms with Crippen LogP contribution < -0.4 is 0 Å². The lowest BCUT2D eigenvalue weighted by atomic mass is 9.82. The molecule has 0 aromatic carbocycles. The molecule has 0 radical (unpaired) electrons. The Balaban J connectivity index is 1.69. The van der Waals surface area contributed by atoms with E-state index in [4.69, 9.17) is 14.2 Å². The molecule has 1 saturated heterocycles. The monoisotopic (exact) mass is 566 g/mol. The molecular weight excluding hydrogens is 508 g/mol. The predicted molar refractivity (Wildman–Crippen MR) is 158 cm³/mol. The third kappa shape index (κ3) is 11.8. The van der Waals surface area contributed by atoms with Crippen molar-refractivity contribution in [1.82, 2.24) is 19.9 Å². The van der Waals surface area contributed by atoms with Crippen LogP contribution in [-0.4, -0.2) is 92.6 Å². The lowest BCUT2D eigenvalue weighted by Crippen LogP contribution is -2.54. The predicted octanol–water partition coefficient (Wildman–Crippen LogP) is 4.69. The van der Waals surface area contributed by atoms with Crippen molar-refractivity contribution in [1.29, 1.82) is 0 Å². The van der Waals surface area contributed by atoms with E-state index in [0.29, 0.717) is 57.5 Å². The summed E-state index contributed by atoms with van der Waals surface area (Å²) >= 11 is 0. The van der Waals surface area contributed by atoms with Crippen molar-refractivity contribution >= 4 is 5.78 Å². The van der Waals surface area contributed by atoms with Gasteiger partial charge in [0.1, 0.15) is 5.78 Å². The summed E-state index contributed by atoms with van der Waals surface area (Å²) in [5.74, 6) is 1.11. The maximum Gasteiger partial charge on any atom is 0.135 e. The van der Waals surface area contributed by atoms with Crippen LogP contribution in [0.15, 0.2) is 6.20 Å². The second-order valence-electron chi connectivity index (χ2n) is 13.9. The first kappa shape index (κ1) is 34.8. The molecule has 2 heterocycles. The quantitative estimate of drug-likeness (QED) is 0.273. The number of aliphatic hydroxyl groups is 1. The molecule has 0 aliphatic carbocycles. The Morgan fingerprint density at radius 3 is 2.42 bits per heavy atom. The first-order valence-corrected chi connectivity index (χ1v) is 15.3. The molecule has 1 aliphatic rings. The standard InChI is InChI=1S/C31H58N4O5/c1-11-26(36)19-30(7,8)40-22-31(9,10)39-17-15-35-20-25(32-33-35)18-24(4)38-16-13-29(5,6)34-14-12-27(23(2)3)28(37)21-34/h20,23-24,27-28,37H,11-19,21-22H2,1-10H3. The Labute approximate surface area is 243 Å². The van der Waals surface area contributed by atoms with Crippen molar-refractivity contribution in [3.8, 4) is 0 Å². The van der Waals surface area contributed by atoms with Gasteiger partial charge in [-0.25, -0.2) is 4.68 Å². The Morgan fingerprint density at radius 1 is 1.10 bits per heavy atom. The van der Waals surface area contributed by atoms with Gasteiger partial charge in [0.15, 0.2) is 0 Å². The smallest absolute Gasteiger partial charge is 0.135 e. The number of likely N-dealkylation sites (tertiary alicyclic amines) is 1. The molecule has 3 atom stereocenters. The summed E-state index contributed by atoms with van der Waals surface area (Å²) in [6.07, 6.45) is 5.32. The molecule has 40 heavy (non-hydrogen) atoms. The minimum atomic E-state index is -0.504. The molecule has 0 amide bonds. The highest BCUT2D eigenvalue weighted by Crippen LogP contribution is 2.30. The average molecular weight is 567 g/mol. The summed E-state index contributed by atoms with van der Waals surface area (Å²) in [6.45, 7) is 24.6. The minimum absolute atomic E-state index is 0.0205. The van der Waals surface area contributed by atoms with Gasteiger partial charge in [0.2, 0.25) is 0 Å². The van der Waals surface area contributed by atoms with E-state index in [2.05, 4.69) is 49.8 Å². The van der Waals surface area contributed by atoms with E-state index < -0.39 is 11.2 Å². The largest absolute Gasteiger partial charge is 0.391 e. The van der Waals surface area contributed by atoms with Crippen LogP contribution in [0.3, 0.4) is 0 Å². The number of ketones is 1. The summed E-state index contributed by atoms with van der Waals surface area (Å²) < 4.78 is 20.0. The number of piperidine rings is 1. The van der Waals surface area contributed by atoms with Crippen LogP contribution in [0.1, 0.15) is 101 Å². The molecule has 1 N–H and O–H groups in total. The Bertz CT molecular complexity index is 898. The van der Waals surface area contributed by atoms with Gasteiger partial charge < -0.3 is 19.3 Å². The van der Waals surface area contributed by atoms with Crippen LogP contribution in [0.25, 0.3) is 0 Å². The highest BCUT2D eigenvalue weighted by Gasteiger charge is 2.36. The van der Waals surface area contributed by atoms with Crippen LogP contribution in [-0.2, 0) is 32.0 Å². The molecule has 2 rings (SSSR count). The summed E-state index contributed by atoms with van der Waals surface area (Å²) in [7, 11) is 0. The van der Waals surface area contributed by atoms with Crippen molar-refractivity contribution < 1.29 is 24.1 Å². The fourth-order valence-corrected chi connectivity index (χ4v) is 5.32. The minimum Gasteiger partial charge on any atom is -0.391 e. The van der Waals surface area contributed by atoms with E-state index in [0.717, 1.165) is 31.6 Å². The van der Waals surface area contributed by atoms with Crippen molar-refractivity contribution in [3.63, 3.8) is 0 Å². The van der Waals surface area contributed by atoms with E-state index in [1.54, 1.807) is 4.68 Å². The normalized spacial score (nSPS) is 20.3. The van der Waals surface area contributed by atoms with E-state index in [-0.39, 0.29) is 23.5 Å². The zero-order valence-corrected chi connectivity index (χ0v) is 27.0. The van der Waals surface area contributed by atoms with E-state index in [1.165, 1.54) is 0 Å². The number of aromatic nitrogens is 3. The van der Waals surface area contributed by atoms with Crippen LogP contribution in [0.2, 0.25) is 0 Å². The van der Waals surface area contributed by atoms with Gasteiger partial charge >= 0.3 is 0 Å². The molecular formula is C31H58N4O5. The number of hydrogen-bond donors (Lipinski definition) is 1. The SMILES string of the molecule is CCC(=O)CC(C)(C)OCC(C)(C)OCCn1cc(CC(C)OCCC(C)(C)N2CCC(C(C)C)C(O)C2)nn1. The zero-order chi connectivity index (χ0) is 30.1. The molecule has 0 spiro atoms. The molecule has 1 aromatic heterocycles. The van der Waals surface area contributed by atoms with Crippen molar-refractivity contribution in [3.05, 3.63) is 11.9 Å². The maximum atomic E-state index is 11.8. The van der Waals surface area contributed by atoms with Crippen molar-refractivity contribution in [2.24, 2.45) is 11.8 Å². The molecule has 232 valence electrons. The van der Waals surface area contributed by atoms with E-state index in [1.807, 2.05) is 40.8 Å².